The summed E-state index contributed by atoms with van der Waals surface area (Å²) in [6.45, 7) is 1.70. The maximum atomic E-state index is 11.9. The van der Waals surface area contributed by atoms with Crippen LogP contribution in [0.3, 0.4) is 0 Å². The molecule has 0 bridgehead atoms. The van der Waals surface area contributed by atoms with Crippen molar-refractivity contribution in [2.24, 2.45) is 0 Å². The molecule has 0 spiro atoms. The number of nitrogens with zero attached hydrogens (tertiary/aromatic N) is 1. The highest BCUT2D eigenvalue weighted by atomic mass is 16.2. The van der Waals surface area contributed by atoms with E-state index in [9.17, 15) is 4.79 Å². The van der Waals surface area contributed by atoms with Gasteiger partial charge in [0.15, 0.2) is 0 Å². The maximum Gasteiger partial charge on any atom is 0.251 e. The molecule has 0 aliphatic rings. The molecule has 0 atom stereocenters. The number of aliphatic hydroxyl groups is 1. The predicted molar refractivity (Wildman–Crippen MR) is 80.5 cm³/mol. The molecular formula is C16H22N2O2. The van der Waals surface area contributed by atoms with Crippen LogP contribution in [0, 0.1) is 11.8 Å². The Morgan fingerprint density at radius 3 is 2.60 bits per heavy atom. The molecule has 0 heterocycles. The summed E-state index contributed by atoms with van der Waals surface area (Å²) in [7, 11) is 4.02. The molecule has 1 aromatic carbocycles. The lowest BCUT2D eigenvalue weighted by molar-refractivity contribution is 0.0952. The molecule has 0 aliphatic carbocycles. The second-order valence-electron chi connectivity index (χ2n) is 4.77. The van der Waals surface area contributed by atoms with Gasteiger partial charge in [0.1, 0.15) is 0 Å². The number of amides is 1. The van der Waals surface area contributed by atoms with E-state index in [0.717, 1.165) is 18.5 Å². The summed E-state index contributed by atoms with van der Waals surface area (Å²) in [5.41, 5.74) is 1.49. The number of hydrogen-bond donors (Lipinski definition) is 2. The molecule has 0 radical (unpaired) electrons. The van der Waals surface area contributed by atoms with Crippen molar-refractivity contribution in [1.82, 2.24) is 10.2 Å². The third-order valence-corrected chi connectivity index (χ3v) is 2.68. The lowest BCUT2D eigenvalue weighted by Gasteiger charge is -2.09. The average Bonchev–Trinajstić information content (AvgIpc) is 2.44. The van der Waals surface area contributed by atoms with Crippen LogP contribution in [0.1, 0.15) is 28.8 Å². The molecule has 0 saturated heterocycles. The number of nitrogens with one attached hydrogen (secondary N) is 1. The highest BCUT2D eigenvalue weighted by Crippen LogP contribution is 2.03. The van der Waals surface area contributed by atoms with E-state index in [1.165, 1.54) is 0 Å². The van der Waals surface area contributed by atoms with Crippen molar-refractivity contribution in [3.8, 4) is 11.8 Å². The van der Waals surface area contributed by atoms with Gasteiger partial charge in [-0.15, -0.1) is 0 Å². The van der Waals surface area contributed by atoms with Crippen molar-refractivity contribution in [2.75, 3.05) is 33.8 Å². The van der Waals surface area contributed by atoms with E-state index in [0.29, 0.717) is 18.5 Å². The minimum Gasteiger partial charge on any atom is -0.395 e. The van der Waals surface area contributed by atoms with Crippen LogP contribution in [0.5, 0.6) is 0 Å². The zero-order valence-electron chi connectivity index (χ0n) is 12.1. The fourth-order valence-electron chi connectivity index (χ4n) is 1.62. The number of aliphatic hydroxyl groups excluding tert-OH is 1. The fraction of sp³-hybridized carbons (Fsp3) is 0.438. The molecule has 4 heteroatoms. The summed E-state index contributed by atoms with van der Waals surface area (Å²) < 4.78 is 0. The highest BCUT2D eigenvalue weighted by molar-refractivity contribution is 5.94. The van der Waals surface area contributed by atoms with E-state index in [-0.39, 0.29) is 12.5 Å². The molecule has 0 fully saturated rings. The molecule has 4 nitrogen and oxygen atoms in total. The van der Waals surface area contributed by atoms with Crippen molar-refractivity contribution >= 4 is 5.91 Å². The van der Waals surface area contributed by atoms with Crippen LogP contribution in [-0.4, -0.2) is 49.7 Å². The van der Waals surface area contributed by atoms with E-state index in [1.54, 1.807) is 12.1 Å². The van der Waals surface area contributed by atoms with E-state index in [2.05, 4.69) is 22.1 Å². The highest BCUT2D eigenvalue weighted by Gasteiger charge is 2.03. The van der Waals surface area contributed by atoms with Gasteiger partial charge in [-0.1, -0.05) is 11.8 Å². The standard InChI is InChI=1S/C16H22N2O2/c1-18(2)12-5-11-17-16(20)15-9-7-14(8-10-15)6-3-4-13-19/h7-10,19H,4-5,11-13H2,1-2H3,(H,17,20). The van der Waals surface area contributed by atoms with Gasteiger partial charge in [0.05, 0.1) is 6.61 Å². The van der Waals surface area contributed by atoms with Gasteiger partial charge < -0.3 is 15.3 Å². The van der Waals surface area contributed by atoms with Crippen LogP contribution in [0.25, 0.3) is 0 Å². The molecule has 1 aromatic rings. The molecule has 0 saturated carbocycles. The molecule has 2 N–H and O–H groups in total. The predicted octanol–water partition coefficient (Wildman–Crippen LogP) is 1.10. The monoisotopic (exact) mass is 274 g/mol. The van der Waals surface area contributed by atoms with Crippen LogP contribution in [0.4, 0.5) is 0 Å². The lowest BCUT2D eigenvalue weighted by atomic mass is 10.1. The first-order chi connectivity index (χ1) is 9.63. The van der Waals surface area contributed by atoms with Gasteiger partial charge in [-0.3, -0.25) is 4.79 Å². The SMILES string of the molecule is CN(C)CCCNC(=O)c1ccc(C#CCCO)cc1. The summed E-state index contributed by atoms with van der Waals surface area (Å²) in [6.07, 6.45) is 1.40. The molecular weight excluding hydrogens is 252 g/mol. The van der Waals surface area contributed by atoms with Gasteiger partial charge in [-0.2, -0.15) is 0 Å². The largest absolute Gasteiger partial charge is 0.395 e. The van der Waals surface area contributed by atoms with Crippen LogP contribution in [0.2, 0.25) is 0 Å². The average molecular weight is 274 g/mol. The summed E-state index contributed by atoms with van der Waals surface area (Å²) in [4.78, 5) is 14.0. The quantitative estimate of drug-likeness (QED) is 0.603. The van der Waals surface area contributed by atoms with E-state index < -0.39 is 0 Å². The van der Waals surface area contributed by atoms with E-state index in [1.807, 2.05) is 26.2 Å². The zero-order chi connectivity index (χ0) is 14.8. The number of carbonyl (C=O) groups excluding carboxylic acids is 1. The van der Waals surface area contributed by atoms with E-state index in [4.69, 9.17) is 5.11 Å². The summed E-state index contributed by atoms with van der Waals surface area (Å²) in [5.74, 6) is 5.72. The van der Waals surface area contributed by atoms with Crippen molar-refractivity contribution < 1.29 is 9.90 Å². The summed E-state index contributed by atoms with van der Waals surface area (Å²) in [5, 5.41) is 11.5. The Morgan fingerprint density at radius 1 is 1.30 bits per heavy atom. The van der Waals surface area contributed by atoms with Gasteiger partial charge in [0.25, 0.3) is 5.91 Å². The molecule has 1 amide bonds. The molecule has 20 heavy (non-hydrogen) atoms. The third kappa shape index (κ3) is 6.37. The lowest BCUT2D eigenvalue weighted by Crippen LogP contribution is -2.27. The Morgan fingerprint density at radius 2 is 2.00 bits per heavy atom. The number of rotatable bonds is 6. The van der Waals surface area contributed by atoms with Gasteiger partial charge in [0, 0.05) is 24.1 Å². The van der Waals surface area contributed by atoms with Crippen molar-refractivity contribution in [2.45, 2.75) is 12.8 Å². The molecule has 0 unspecified atom stereocenters. The molecule has 0 aliphatic heterocycles. The third-order valence-electron chi connectivity index (χ3n) is 2.68. The maximum absolute atomic E-state index is 11.9. The minimum atomic E-state index is -0.0568. The first-order valence-corrected chi connectivity index (χ1v) is 6.76. The van der Waals surface area contributed by atoms with Crippen LogP contribution in [0.15, 0.2) is 24.3 Å². The van der Waals surface area contributed by atoms with E-state index >= 15 is 0 Å². The van der Waals surface area contributed by atoms with Crippen LogP contribution >= 0.6 is 0 Å². The van der Waals surface area contributed by atoms with Gasteiger partial charge in [-0.25, -0.2) is 0 Å². The van der Waals surface area contributed by atoms with Gasteiger partial charge in [0.2, 0.25) is 0 Å². The normalized spacial score (nSPS) is 10.0. The first-order valence-electron chi connectivity index (χ1n) is 6.76. The smallest absolute Gasteiger partial charge is 0.251 e. The number of hydrogen-bond acceptors (Lipinski definition) is 3. The van der Waals surface area contributed by atoms with Gasteiger partial charge in [-0.05, 0) is 51.3 Å². The summed E-state index contributed by atoms with van der Waals surface area (Å²) in [6, 6.07) is 7.17. The Labute approximate surface area is 120 Å². The Balaban J connectivity index is 2.43. The Kier molecular flexibility index (Phi) is 7.41. The Bertz CT molecular complexity index is 469. The topological polar surface area (TPSA) is 52.6 Å². The second kappa shape index (κ2) is 9.13. The van der Waals surface area contributed by atoms with Crippen LogP contribution in [-0.2, 0) is 0 Å². The van der Waals surface area contributed by atoms with Crippen molar-refractivity contribution in [3.05, 3.63) is 35.4 Å². The molecule has 1 rings (SSSR count). The summed E-state index contributed by atoms with van der Waals surface area (Å²) >= 11 is 0. The number of benzene rings is 1. The van der Waals surface area contributed by atoms with Gasteiger partial charge >= 0.3 is 0 Å². The minimum absolute atomic E-state index is 0.0568. The molecule has 108 valence electrons. The second-order valence-corrected chi connectivity index (χ2v) is 4.77. The number of carbonyl (C=O) groups is 1. The Hall–Kier alpha value is -1.83. The zero-order valence-corrected chi connectivity index (χ0v) is 12.1. The molecule has 0 aromatic heterocycles. The fourth-order valence-corrected chi connectivity index (χ4v) is 1.62. The van der Waals surface area contributed by atoms with Crippen molar-refractivity contribution in [1.29, 1.82) is 0 Å². The van der Waals surface area contributed by atoms with Crippen molar-refractivity contribution in [3.63, 3.8) is 0 Å². The van der Waals surface area contributed by atoms with Crippen LogP contribution < -0.4 is 5.32 Å². The first kappa shape index (κ1) is 16.2.